The van der Waals surface area contributed by atoms with Crippen LogP contribution in [0.25, 0.3) is 0 Å². The quantitative estimate of drug-likeness (QED) is 0.624. The van der Waals surface area contributed by atoms with E-state index in [1.54, 1.807) is 0 Å². The maximum absolute atomic E-state index is 11.7. The Labute approximate surface area is 110 Å². The summed E-state index contributed by atoms with van der Waals surface area (Å²) in [6, 6.07) is 0. The summed E-state index contributed by atoms with van der Waals surface area (Å²) in [4.78, 5) is 11.7. The van der Waals surface area contributed by atoms with Crippen LogP contribution in [0.1, 0.15) is 32.2 Å². The molecule has 0 aliphatic carbocycles. The second kappa shape index (κ2) is 5.82. The van der Waals surface area contributed by atoms with Crippen molar-refractivity contribution in [2.24, 2.45) is 5.41 Å². The molecule has 0 radical (unpaired) electrons. The third-order valence-corrected chi connectivity index (χ3v) is 4.11. The van der Waals surface area contributed by atoms with E-state index in [9.17, 15) is 4.79 Å². The molecule has 0 aliphatic rings. The number of aryl methyl sites for hydroxylation is 1. The van der Waals surface area contributed by atoms with Crippen LogP contribution in [0.2, 0.25) is 0 Å². The van der Waals surface area contributed by atoms with E-state index in [1.165, 1.54) is 30.2 Å². The molecule has 96 valence electrons. The van der Waals surface area contributed by atoms with E-state index >= 15 is 0 Å². The summed E-state index contributed by atoms with van der Waals surface area (Å²) in [5.41, 5.74) is 0.0750. The molecule has 0 saturated heterocycles. The van der Waals surface area contributed by atoms with Crippen LogP contribution in [0.15, 0.2) is 4.34 Å². The van der Waals surface area contributed by atoms with Crippen molar-refractivity contribution in [1.82, 2.24) is 10.2 Å². The van der Waals surface area contributed by atoms with Crippen LogP contribution in [0.3, 0.4) is 0 Å². The molecule has 0 fully saturated rings. The van der Waals surface area contributed by atoms with Crippen LogP contribution in [-0.4, -0.2) is 28.5 Å². The van der Waals surface area contributed by atoms with Crippen LogP contribution in [0, 0.1) is 12.3 Å². The molecule has 0 bridgehead atoms. The van der Waals surface area contributed by atoms with Crippen molar-refractivity contribution in [3.05, 3.63) is 5.01 Å². The normalized spacial score (nSPS) is 13.5. The first-order chi connectivity index (χ1) is 7.81. The fourth-order valence-electron chi connectivity index (χ4n) is 1.31. The average Bonchev–Trinajstić information content (AvgIpc) is 2.60. The van der Waals surface area contributed by atoms with Gasteiger partial charge in [-0.25, -0.2) is 0 Å². The maximum atomic E-state index is 11.7. The summed E-state index contributed by atoms with van der Waals surface area (Å²) in [5.74, 6) is -0.197. The highest BCUT2D eigenvalue weighted by molar-refractivity contribution is 8.02. The molecule has 0 aliphatic heterocycles. The number of carbonyl (C=O) groups excluding carboxylic acids is 1. The van der Waals surface area contributed by atoms with E-state index in [-0.39, 0.29) is 16.6 Å². The number of carbonyl (C=O) groups is 1. The van der Waals surface area contributed by atoms with E-state index in [0.717, 1.165) is 15.8 Å². The van der Waals surface area contributed by atoms with E-state index in [0.29, 0.717) is 0 Å². The van der Waals surface area contributed by atoms with Crippen molar-refractivity contribution in [1.29, 1.82) is 0 Å². The Bertz CT molecular complexity index is 385. The van der Waals surface area contributed by atoms with Gasteiger partial charge in [0.2, 0.25) is 0 Å². The van der Waals surface area contributed by atoms with Crippen LogP contribution < -0.4 is 0 Å². The topological polar surface area (TPSA) is 52.1 Å². The summed E-state index contributed by atoms with van der Waals surface area (Å²) >= 11 is 2.94. The molecule has 17 heavy (non-hydrogen) atoms. The lowest BCUT2D eigenvalue weighted by atomic mass is 9.90. The first-order valence-corrected chi connectivity index (χ1v) is 7.06. The van der Waals surface area contributed by atoms with Crippen LogP contribution in [0.5, 0.6) is 0 Å². The number of rotatable bonds is 4. The largest absolute Gasteiger partial charge is 0.468 e. The molecule has 0 aromatic carbocycles. The lowest BCUT2D eigenvalue weighted by molar-refractivity contribution is -0.140. The Balaban J connectivity index is 2.73. The predicted octanol–water partition coefficient (Wildman–Crippen LogP) is 2.92. The zero-order valence-corrected chi connectivity index (χ0v) is 12.4. The summed E-state index contributed by atoms with van der Waals surface area (Å²) in [6.45, 7) is 8.22. The van der Waals surface area contributed by atoms with Gasteiger partial charge in [0.15, 0.2) is 4.34 Å². The molecule has 1 rings (SSSR count). The van der Waals surface area contributed by atoms with Crippen LogP contribution in [-0.2, 0) is 9.53 Å². The van der Waals surface area contributed by atoms with Gasteiger partial charge in [-0.15, -0.1) is 10.2 Å². The zero-order chi connectivity index (χ0) is 13.1. The van der Waals surface area contributed by atoms with E-state index in [4.69, 9.17) is 4.74 Å². The van der Waals surface area contributed by atoms with Crippen molar-refractivity contribution in [3.8, 4) is 0 Å². The standard InChI is InChI=1S/C11H18N2O2S2/c1-7-12-13-10(16-7)17-8(9(14)15-5)6-11(2,3)4/h8H,6H2,1-5H3/t8-/m0/s1. The molecular formula is C11H18N2O2S2. The van der Waals surface area contributed by atoms with Gasteiger partial charge in [0.1, 0.15) is 10.3 Å². The Morgan fingerprint density at radius 3 is 2.53 bits per heavy atom. The number of hydrogen-bond acceptors (Lipinski definition) is 6. The summed E-state index contributed by atoms with van der Waals surface area (Å²) in [5, 5.41) is 8.67. The Kier molecular flexibility index (Phi) is 4.94. The minimum Gasteiger partial charge on any atom is -0.468 e. The Morgan fingerprint density at radius 2 is 2.12 bits per heavy atom. The summed E-state index contributed by atoms with van der Waals surface area (Å²) in [7, 11) is 1.42. The highest BCUT2D eigenvalue weighted by Gasteiger charge is 2.27. The molecule has 0 amide bonds. The van der Waals surface area contributed by atoms with Gasteiger partial charge >= 0.3 is 5.97 Å². The third kappa shape index (κ3) is 5.04. The van der Waals surface area contributed by atoms with Gasteiger partial charge in [-0.2, -0.15) is 0 Å². The zero-order valence-electron chi connectivity index (χ0n) is 10.8. The minimum atomic E-state index is -0.215. The van der Waals surface area contributed by atoms with Gasteiger partial charge in [0.25, 0.3) is 0 Å². The smallest absolute Gasteiger partial charge is 0.319 e. The van der Waals surface area contributed by atoms with Crippen LogP contribution in [0.4, 0.5) is 0 Å². The molecule has 1 atom stereocenters. The number of aromatic nitrogens is 2. The van der Waals surface area contributed by atoms with Gasteiger partial charge in [0.05, 0.1) is 7.11 Å². The third-order valence-electron chi connectivity index (χ3n) is 2.01. The molecule has 0 saturated carbocycles. The number of esters is 1. The number of hydrogen-bond donors (Lipinski definition) is 0. The van der Waals surface area contributed by atoms with Crippen molar-refractivity contribution in [2.45, 2.75) is 43.7 Å². The highest BCUT2D eigenvalue weighted by Crippen LogP contribution is 2.34. The predicted molar refractivity (Wildman–Crippen MR) is 70.4 cm³/mol. The van der Waals surface area contributed by atoms with E-state index in [1.807, 2.05) is 6.92 Å². The molecule has 6 heteroatoms. The van der Waals surface area contributed by atoms with Gasteiger partial charge < -0.3 is 4.74 Å². The molecule has 0 spiro atoms. The Morgan fingerprint density at radius 1 is 1.47 bits per heavy atom. The lowest BCUT2D eigenvalue weighted by Crippen LogP contribution is -2.24. The minimum absolute atomic E-state index is 0.0750. The first-order valence-electron chi connectivity index (χ1n) is 5.36. The molecule has 0 N–H and O–H groups in total. The number of thioether (sulfide) groups is 1. The van der Waals surface area contributed by atoms with E-state index in [2.05, 4.69) is 31.0 Å². The van der Waals surface area contributed by atoms with Crippen LogP contribution >= 0.6 is 23.1 Å². The molecule has 4 nitrogen and oxygen atoms in total. The lowest BCUT2D eigenvalue weighted by Gasteiger charge is -2.22. The second-order valence-electron chi connectivity index (χ2n) is 4.98. The van der Waals surface area contributed by atoms with Gasteiger partial charge in [0, 0.05) is 0 Å². The van der Waals surface area contributed by atoms with E-state index < -0.39 is 0 Å². The summed E-state index contributed by atoms with van der Waals surface area (Å²) in [6.07, 6.45) is 0.753. The van der Waals surface area contributed by atoms with Gasteiger partial charge in [-0.3, -0.25) is 4.79 Å². The van der Waals surface area contributed by atoms with Gasteiger partial charge in [-0.1, -0.05) is 43.9 Å². The van der Waals surface area contributed by atoms with Crippen molar-refractivity contribution in [2.75, 3.05) is 7.11 Å². The second-order valence-corrected chi connectivity index (χ2v) is 7.61. The maximum Gasteiger partial charge on any atom is 0.319 e. The van der Waals surface area contributed by atoms with Crippen molar-refractivity contribution in [3.63, 3.8) is 0 Å². The summed E-state index contributed by atoms with van der Waals surface area (Å²) < 4.78 is 5.66. The molecule has 0 unspecified atom stereocenters. The fourth-order valence-corrected chi connectivity index (χ4v) is 3.73. The molecular weight excluding hydrogens is 256 g/mol. The molecule has 1 aromatic rings. The fraction of sp³-hybridized carbons (Fsp3) is 0.727. The SMILES string of the molecule is COC(=O)[C@H](CC(C)(C)C)Sc1nnc(C)s1. The number of nitrogens with zero attached hydrogens (tertiary/aromatic N) is 2. The first kappa shape index (κ1) is 14.4. The van der Waals surface area contributed by atoms with Crippen molar-refractivity contribution < 1.29 is 9.53 Å². The molecule has 1 heterocycles. The van der Waals surface area contributed by atoms with Crippen molar-refractivity contribution >= 4 is 29.1 Å². The average molecular weight is 274 g/mol. The highest BCUT2D eigenvalue weighted by atomic mass is 32.2. The van der Waals surface area contributed by atoms with Gasteiger partial charge in [-0.05, 0) is 18.8 Å². The molecule has 1 aromatic heterocycles. The monoisotopic (exact) mass is 274 g/mol. The number of ether oxygens (including phenoxy) is 1. The Hall–Kier alpha value is -0.620. The number of methoxy groups -OCH3 is 1.